The fraction of sp³-hybridized carbons (Fsp3) is 0.429. The Bertz CT molecular complexity index is 42.3. The number of hydrogen-bond donors (Lipinski definition) is 0. The van der Waals surface area contributed by atoms with Crippen molar-refractivity contribution in [2.75, 3.05) is 0 Å². The molecule has 0 unspecified atom stereocenters. The fourth-order valence-corrected chi connectivity index (χ4v) is 0. The molecule has 0 aromatic rings. The van der Waals surface area contributed by atoms with Crippen LogP contribution in [0.25, 0.3) is 0 Å². The van der Waals surface area contributed by atoms with Gasteiger partial charge in [-0.25, -0.2) is 0 Å². The first-order valence-corrected chi connectivity index (χ1v) is 2.65. The van der Waals surface area contributed by atoms with Crippen molar-refractivity contribution in [1.82, 2.24) is 0 Å². The van der Waals surface area contributed by atoms with Crippen LogP contribution in [0.5, 0.6) is 0 Å². The Morgan fingerprint density at radius 2 is 1.14 bits per heavy atom. The molecule has 7 heavy (non-hydrogen) atoms. The van der Waals surface area contributed by atoms with Crippen LogP contribution in [0.4, 0.5) is 0 Å². The van der Waals surface area contributed by atoms with Crippen LogP contribution in [0.15, 0.2) is 25.3 Å². The van der Waals surface area contributed by atoms with Crippen molar-refractivity contribution in [3.63, 3.8) is 0 Å². The molecule has 0 atom stereocenters. The molecule has 0 aliphatic heterocycles. The van der Waals surface area contributed by atoms with Crippen LogP contribution in [-0.4, -0.2) is 0 Å². The third-order valence-electron chi connectivity index (χ3n) is 0.520. The smallest absolute Gasteiger partial charge is 0.0533 e. The van der Waals surface area contributed by atoms with Crippen LogP contribution in [0.2, 0.25) is 0 Å². The molecule has 1 rings (SSSR count). The van der Waals surface area contributed by atoms with Gasteiger partial charge in [-0.15, -0.1) is 0 Å². The third kappa shape index (κ3) is 30.3. The average Bonchev–Trinajstić information content (AvgIpc) is 2.47. The highest BCUT2D eigenvalue weighted by atomic mass is 14.0. The Hall–Kier alpha value is -0.520. The van der Waals surface area contributed by atoms with E-state index in [2.05, 4.69) is 13.2 Å². The summed E-state index contributed by atoms with van der Waals surface area (Å²) < 4.78 is 0. The highest BCUT2D eigenvalue weighted by Crippen LogP contribution is 2.14. The van der Waals surface area contributed by atoms with Crippen LogP contribution >= 0.6 is 0 Å². The summed E-state index contributed by atoms with van der Waals surface area (Å²) in [5.41, 5.74) is 0. The minimum Gasteiger partial charge on any atom is -0.0991 e. The summed E-state index contributed by atoms with van der Waals surface area (Å²) in [6, 6.07) is 0. The van der Waals surface area contributed by atoms with Gasteiger partial charge in [0.25, 0.3) is 0 Å². The largest absolute Gasteiger partial charge is 0.0991 e. The maximum absolute atomic E-state index is 3.36. The van der Waals surface area contributed by atoms with Crippen LogP contribution < -0.4 is 0 Å². The Kier molecular flexibility index (Phi) is 5.07. The Morgan fingerprint density at radius 1 is 0.857 bits per heavy atom. The second-order valence-corrected chi connectivity index (χ2v) is 1.53. The van der Waals surface area contributed by atoms with Gasteiger partial charge in [0.15, 0.2) is 0 Å². The molecule has 40 valence electrons. The quantitative estimate of drug-likeness (QED) is 0.440. The van der Waals surface area contributed by atoms with E-state index < -0.39 is 0 Å². The van der Waals surface area contributed by atoms with Gasteiger partial charge in [-0.1, -0.05) is 44.6 Å². The minimum absolute atomic E-state index is 1.50. The molecule has 1 aliphatic carbocycles. The van der Waals surface area contributed by atoms with Crippen molar-refractivity contribution in [3.8, 4) is 0 Å². The molecule has 0 N–H and O–H groups in total. The maximum atomic E-state index is 3.36. The maximum Gasteiger partial charge on any atom is -0.0533 e. The number of allylic oxidation sites excluding steroid dienone is 2. The molecule has 0 heterocycles. The van der Waals surface area contributed by atoms with Crippen LogP contribution in [0.3, 0.4) is 0 Å². The molecule has 0 amide bonds. The van der Waals surface area contributed by atoms with Gasteiger partial charge < -0.3 is 0 Å². The van der Waals surface area contributed by atoms with Crippen LogP contribution in [-0.2, 0) is 0 Å². The molecule has 0 nitrogen and oxygen atoms in total. The van der Waals surface area contributed by atoms with Gasteiger partial charge in [-0.05, 0) is 0 Å². The molecule has 1 aliphatic rings. The van der Waals surface area contributed by atoms with Crippen molar-refractivity contribution in [2.24, 2.45) is 0 Å². The van der Waals surface area contributed by atoms with E-state index in [-0.39, 0.29) is 0 Å². The first-order valence-electron chi connectivity index (χ1n) is 2.65. The second kappa shape index (κ2) is 5.48. The van der Waals surface area contributed by atoms with Crippen LogP contribution in [0, 0.1) is 0 Å². The summed E-state index contributed by atoms with van der Waals surface area (Å²) in [7, 11) is 0. The Labute approximate surface area is 45.5 Å². The highest BCUT2D eigenvalue weighted by Gasteiger charge is 1.95. The Morgan fingerprint density at radius 3 is 1.14 bits per heavy atom. The zero-order valence-electron chi connectivity index (χ0n) is 4.69. The molecule has 0 aromatic carbocycles. The lowest BCUT2D eigenvalue weighted by Gasteiger charge is -1.44. The summed E-state index contributed by atoms with van der Waals surface area (Å²) in [5.74, 6) is 0. The molecule has 1 saturated carbocycles. The zero-order chi connectivity index (χ0) is 5.54. The zero-order valence-corrected chi connectivity index (χ0v) is 4.69. The minimum atomic E-state index is 1.50. The van der Waals surface area contributed by atoms with E-state index in [4.69, 9.17) is 0 Å². The highest BCUT2D eigenvalue weighted by molar-refractivity contribution is 4.88. The number of rotatable bonds is 1. The lowest BCUT2D eigenvalue weighted by atomic mass is 10.6. The van der Waals surface area contributed by atoms with E-state index in [0.29, 0.717) is 0 Å². The summed E-state index contributed by atoms with van der Waals surface area (Å²) in [5, 5.41) is 0. The van der Waals surface area contributed by atoms with E-state index in [0.717, 1.165) is 0 Å². The SMILES string of the molecule is C1CC1.C=CC=C. The Balaban J connectivity index is 0.000000105. The second-order valence-electron chi connectivity index (χ2n) is 1.53. The van der Waals surface area contributed by atoms with E-state index in [1.54, 1.807) is 12.2 Å². The lowest BCUT2D eigenvalue weighted by Crippen LogP contribution is -1.21. The molecular weight excluding hydrogens is 84.1 g/mol. The molecule has 0 spiro atoms. The van der Waals surface area contributed by atoms with Gasteiger partial charge in [-0.3, -0.25) is 0 Å². The lowest BCUT2D eigenvalue weighted by molar-refractivity contribution is 1.50. The molecule has 1 fully saturated rings. The normalized spacial score (nSPS) is 13.1. The van der Waals surface area contributed by atoms with Gasteiger partial charge in [0.05, 0.1) is 0 Å². The van der Waals surface area contributed by atoms with Gasteiger partial charge in [0.2, 0.25) is 0 Å². The van der Waals surface area contributed by atoms with Gasteiger partial charge in [-0.2, -0.15) is 0 Å². The fourth-order valence-electron chi connectivity index (χ4n) is 0. The van der Waals surface area contributed by atoms with Crippen molar-refractivity contribution in [1.29, 1.82) is 0 Å². The van der Waals surface area contributed by atoms with E-state index in [1.165, 1.54) is 19.3 Å². The van der Waals surface area contributed by atoms with Crippen molar-refractivity contribution >= 4 is 0 Å². The summed E-state index contributed by atoms with van der Waals surface area (Å²) in [6.07, 6.45) is 7.78. The van der Waals surface area contributed by atoms with Crippen molar-refractivity contribution in [2.45, 2.75) is 19.3 Å². The predicted octanol–water partition coefficient (Wildman–Crippen LogP) is 2.53. The van der Waals surface area contributed by atoms with Crippen molar-refractivity contribution < 1.29 is 0 Å². The molecule has 0 radical (unpaired) electrons. The predicted molar refractivity (Wildman–Crippen MR) is 34.2 cm³/mol. The third-order valence-corrected chi connectivity index (χ3v) is 0.520. The standard InChI is InChI=1S/C4H6.C3H6/c1-3-4-2;1-2-3-1/h3-4H,1-2H2;1-3H2. The number of hydrogen-bond acceptors (Lipinski definition) is 0. The monoisotopic (exact) mass is 96.1 g/mol. The molecule has 0 aromatic heterocycles. The summed E-state index contributed by atoms with van der Waals surface area (Å²) in [6.45, 7) is 6.72. The topological polar surface area (TPSA) is 0 Å². The summed E-state index contributed by atoms with van der Waals surface area (Å²) in [4.78, 5) is 0. The summed E-state index contributed by atoms with van der Waals surface area (Å²) >= 11 is 0. The van der Waals surface area contributed by atoms with Gasteiger partial charge >= 0.3 is 0 Å². The first kappa shape index (κ1) is 6.48. The molecular formula is C7H12. The van der Waals surface area contributed by atoms with E-state index in [1.807, 2.05) is 0 Å². The van der Waals surface area contributed by atoms with Gasteiger partial charge in [0.1, 0.15) is 0 Å². The van der Waals surface area contributed by atoms with E-state index >= 15 is 0 Å². The molecule has 0 saturated heterocycles. The molecule has 0 bridgehead atoms. The molecule has 0 heteroatoms. The first-order chi connectivity index (χ1) is 3.41. The van der Waals surface area contributed by atoms with Gasteiger partial charge in [0, 0.05) is 0 Å². The van der Waals surface area contributed by atoms with Crippen LogP contribution in [0.1, 0.15) is 19.3 Å². The van der Waals surface area contributed by atoms with E-state index in [9.17, 15) is 0 Å². The van der Waals surface area contributed by atoms with Crippen molar-refractivity contribution in [3.05, 3.63) is 25.3 Å². The average molecular weight is 96.2 g/mol.